The molecular weight excluding hydrogens is 498 g/mol. The summed E-state index contributed by atoms with van der Waals surface area (Å²) in [5, 5.41) is 1.95. The SMILES string of the molecule is C[C@@H](NS(=O)(=O)c1cccc(C(=O)OCC(=O)c2ccc3ccccc3c2)c1)C12CC3CC(CC(C3)C1)C2. The molecule has 0 radical (unpaired) electrons. The summed E-state index contributed by atoms with van der Waals surface area (Å²) in [4.78, 5) is 25.4. The van der Waals surface area contributed by atoms with Gasteiger partial charge in [-0.25, -0.2) is 17.9 Å². The van der Waals surface area contributed by atoms with Crippen LogP contribution in [0.4, 0.5) is 0 Å². The normalized spacial score (nSPS) is 26.8. The maximum absolute atomic E-state index is 13.4. The summed E-state index contributed by atoms with van der Waals surface area (Å²) < 4.78 is 34.9. The Morgan fingerprint density at radius 2 is 1.53 bits per heavy atom. The molecule has 3 aromatic carbocycles. The molecule has 7 heteroatoms. The number of benzene rings is 3. The Labute approximate surface area is 223 Å². The van der Waals surface area contributed by atoms with E-state index in [9.17, 15) is 18.0 Å². The maximum Gasteiger partial charge on any atom is 0.338 e. The van der Waals surface area contributed by atoms with E-state index in [-0.39, 0.29) is 27.7 Å². The molecule has 1 atom stereocenters. The zero-order valence-electron chi connectivity index (χ0n) is 21.6. The largest absolute Gasteiger partial charge is 0.454 e. The number of carbonyl (C=O) groups is 2. The molecule has 0 aliphatic heterocycles. The zero-order chi connectivity index (χ0) is 26.5. The van der Waals surface area contributed by atoms with Gasteiger partial charge in [0.05, 0.1) is 10.5 Å². The van der Waals surface area contributed by atoms with Gasteiger partial charge >= 0.3 is 5.97 Å². The smallest absolute Gasteiger partial charge is 0.338 e. The van der Waals surface area contributed by atoms with Crippen LogP contribution in [0.1, 0.15) is 66.2 Å². The van der Waals surface area contributed by atoms with E-state index >= 15 is 0 Å². The fourth-order valence-electron chi connectivity index (χ4n) is 7.58. The highest BCUT2D eigenvalue weighted by Gasteiger charge is 2.53. The molecule has 1 N–H and O–H groups in total. The van der Waals surface area contributed by atoms with Crippen LogP contribution in [0.15, 0.2) is 71.6 Å². The summed E-state index contributed by atoms with van der Waals surface area (Å²) in [5.41, 5.74) is 0.582. The van der Waals surface area contributed by atoms with Crippen molar-refractivity contribution in [3.05, 3.63) is 77.9 Å². The summed E-state index contributed by atoms with van der Waals surface area (Å²) in [6.45, 7) is 1.58. The van der Waals surface area contributed by atoms with Gasteiger partial charge in [-0.3, -0.25) is 4.79 Å². The molecule has 4 fully saturated rings. The van der Waals surface area contributed by atoms with E-state index in [1.807, 2.05) is 37.3 Å². The highest BCUT2D eigenvalue weighted by atomic mass is 32.2. The molecule has 198 valence electrons. The standard InChI is InChI=1S/C31H33NO5S/c1-20(31-16-21-11-22(17-31)13-23(12-21)18-31)32-38(35,36)28-8-4-7-27(15-28)30(34)37-19-29(33)26-10-9-24-5-2-3-6-25(24)14-26/h2-10,14-15,20-23,32H,11-13,16-19H2,1H3/t20-,21?,22?,23?,31?/m1/s1. The second-order valence-electron chi connectivity index (χ2n) is 11.7. The zero-order valence-corrected chi connectivity index (χ0v) is 22.4. The third-order valence-corrected chi connectivity index (χ3v) is 10.7. The Morgan fingerprint density at radius 1 is 0.868 bits per heavy atom. The number of Topliss-reactive ketones (excluding diaryl/α,β-unsaturated/α-hetero) is 1. The molecule has 6 nitrogen and oxygen atoms in total. The number of hydrogen-bond acceptors (Lipinski definition) is 5. The number of sulfonamides is 1. The molecule has 0 saturated heterocycles. The van der Waals surface area contributed by atoms with E-state index in [4.69, 9.17) is 4.74 Å². The molecule has 0 heterocycles. The van der Waals surface area contributed by atoms with E-state index < -0.39 is 22.6 Å². The van der Waals surface area contributed by atoms with Gasteiger partial charge in [0.2, 0.25) is 10.0 Å². The first kappa shape index (κ1) is 25.3. The van der Waals surface area contributed by atoms with Gasteiger partial charge in [-0.1, -0.05) is 42.5 Å². The van der Waals surface area contributed by atoms with E-state index in [2.05, 4.69) is 4.72 Å². The van der Waals surface area contributed by atoms with Crippen molar-refractivity contribution in [1.82, 2.24) is 4.72 Å². The number of ketones is 1. The molecular formula is C31H33NO5S. The quantitative estimate of drug-likeness (QED) is 0.295. The van der Waals surface area contributed by atoms with Gasteiger partial charge in [0, 0.05) is 11.6 Å². The van der Waals surface area contributed by atoms with Crippen LogP contribution in [-0.2, 0) is 14.8 Å². The minimum atomic E-state index is -3.83. The molecule has 4 saturated carbocycles. The van der Waals surface area contributed by atoms with E-state index in [1.165, 1.54) is 43.5 Å². The number of hydrogen-bond donors (Lipinski definition) is 1. The number of ether oxygens (including phenoxy) is 1. The molecule has 0 unspecified atom stereocenters. The van der Waals surface area contributed by atoms with Crippen molar-refractivity contribution in [3.63, 3.8) is 0 Å². The summed E-state index contributed by atoms with van der Waals surface area (Å²) in [6.07, 6.45) is 7.19. The van der Waals surface area contributed by atoms with Crippen molar-refractivity contribution in [2.24, 2.45) is 23.2 Å². The second-order valence-corrected chi connectivity index (χ2v) is 13.4. The molecule has 4 bridgehead atoms. The van der Waals surface area contributed by atoms with Gasteiger partial charge in [0.1, 0.15) is 0 Å². The Hall–Kier alpha value is -3.03. The molecule has 3 aromatic rings. The average Bonchev–Trinajstić information content (AvgIpc) is 2.90. The number of nitrogens with one attached hydrogen (secondary N) is 1. The Bertz CT molecular complexity index is 1480. The van der Waals surface area contributed by atoms with E-state index in [0.29, 0.717) is 5.56 Å². The fraction of sp³-hybridized carbons (Fsp3) is 0.419. The van der Waals surface area contributed by atoms with Crippen LogP contribution in [0.25, 0.3) is 10.8 Å². The number of fused-ring (bicyclic) bond motifs is 1. The van der Waals surface area contributed by atoms with Crippen LogP contribution < -0.4 is 4.72 Å². The van der Waals surface area contributed by atoms with Crippen LogP contribution >= 0.6 is 0 Å². The lowest BCUT2D eigenvalue weighted by atomic mass is 9.48. The monoisotopic (exact) mass is 531 g/mol. The maximum atomic E-state index is 13.4. The van der Waals surface area contributed by atoms with Crippen molar-refractivity contribution < 1.29 is 22.7 Å². The van der Waals surface area contributed by atoms with Crippen LogP contribution in [-0.4, -0.2) is 32.8 Å². The van der Waals surface area contributed by atoms with Gasteiger partial charge in [0.25, 0.3) is 0 Å². The highest BCUT2D eigenvalue weighted by molar-refractivity contribution is 7.89. The highest BCUT2D eigenvalue weighted by Crippen LogP contribution is 2.61. The lowest BCUT2D eigenvalue weighted by molar-refractivity contribution is -0.0666. The number of esters is 1. The van der Waals surface area contributed by atoms with Crippen LogP contribution in [0.2, 0.25) is 0 Å². The third-order valence-electron chi connectivity index (χ3n) is 9.12. The van der Waals surface area contributed by atoms with Crippen LogP contribution in [0, 0.1) is 23.2 Å². The number of rotatable bonds is 8. The minimum Gasteiger partial charge on any atom is -0.454 e. The van der Waals surface area contributed by atoms with E-state index in [1.54, 1.807) is 12.1 Å². The third kappa shape index (κ3) is 4.78. The van der Waals surface area contributed by atoms with E-state index in [0.717, 1.165) is 47.8 Å². The van der Waals surface area contributed by atoms with Gasteiger partial charge in [-0.05, 0) is 104 Å². The van der Waals surface area contributed by atoms with Crippen molar-refractivity contribution in [2.75, 3.05) is 6.61 Å². The summed E-state index contributed by atoms with van der Waals surface area (Å²) in [6, 6.07) is 18.7. The molecule has 4 aliphatic carbocycles. The first-order chi connectivity index (χ1) is 18.2. The molecule has 38 heavy (non-hydrogen) atoms. The molecule has 0 aromatic heterocycles. The lowest BCUT2D eigenvalue weighted by Crippen LogP contribution is -2.55. The average molecular weight is 532 g/mol. The van der Waals surface area contributed by atoms with Crippen LogP contribution in [0.5, 0.6) is 0 Å². The second kappa shape index (κ2) is 9.62. The van der Waals surface area contributed by atoms with Crippen molar-refractivity contribution in [3.8, 4) is 0 Å². The van der Waals surface area contributed by atoms with Crippen molar-refractivity contribution in [1.29, 1.82) is 0 Å². The number of carbonyl (C=O) groups excluding carboxylic acids is 2. The van der Waals surface area contributed by atoms with Gasteiger partial charge in [0.15, 0.2) is 12.4 Å². The van der Waals surface area contributed by atoms with Gasteiger partial charge < -0.3 is 4.74 Å². The predicted molar refractivity (Wildman–Crippen MR) is 145 cm³/mol. The molecule has 0 spiro atoms. The summed E-state index contributed by atoms with van der Waals surface area (Å²) >= 11 is 0. The Kier molecular flexibility index (Phi) is 6.39. The molecule has 7 rings (SSSR count). The molecule has 0 amide bonds. The van der Waals surface area contributed by atoms with Crippen molar-refractivity contribution >= 4 is 32.5 Å². The summed E-state index contributed by atoms with van der Waals surface area (Å²) in [7, 11) is -3.83. The minimum absolute atomic E-state index is 0.0293. The first-order valence-corrected chi connectivity index (χ1v) is 15.0. The fourth-order valence-corrected chi connectivity index (χ4v) is 8.98. The molecule has 4 aliphatic rings. The van der Waals surface area contributed by atoms with Crippen LogP contribution in [0.3, 0.4) is 0 Å². The van der Waals surface area contributed by atoms with Gasteiger partial charge in [-0.2, -0.15) is 0 Å². The first-order valence-electron chi connectivity index (χ1n) is 13.5. The Balaban J connectivity index is 1.12. The topological polar surface area (TPSA) is 89.5 Å². The van der Waals surface area contributed by atoms with Crippen molar-refractivity contribution in [2.45, 2.75) is 56.4 Å². The predicted octanol–water partition coefficient (Wildman–Crippen LogP) is 5.76. The lowest BCUT2D eigenvalue weighted by Gasteiger charge is -2.59. The Morgan fingerprint density at radius 3 is 2.21 bits per heavy atom. The van der Waals surface area contributed by atoms with Gasteiger partial charge in [-0.15, -0.1) is 0 Å². The summed E-state index contributed by atoms with van der Waals surface area (Å²) in [5.74, 6) is 1.13.